The van der Waals surface area contributed by atoms with Gasteiger partial charge in [0, 0.05) is 6.54 Å². The largest absolute Gasteiger partial charge is 0.492 e. The van der Waals surface area contributed by atoms with Gasteiger partial charge in [0.15, 0.2) is 0 Å². The Morgan fingerprint density at radius 3 is 2.50 bits per heavy atom. The number of nitrogens with two attached hydrogens (primary N) is 1. The van der Waals surface area contributed by atoms with Crippen molar-refractivity contribution in [2.75, 3.05) is 13.2 Å². The van der Waals surface area contributed by atoms with E-state index in [9.17, 15) is 0 Å². The maximum atomic E-state index is 5.37. The van der Waals surface area contributed by atoms with Gasteiger partial charge < -0.3 is 10.5 Å². The Bertz CT molecular complexity index is 290. The lowest BCUT2D eigenvalue weighted by molar-refractivity contribution is 0.328. The monoisotopic (exact) mass is 191 g/mol. The topological polar surface area (TPSA) is 35.2 Å². The maximum absolute atomic E-state index is 5.37. The zero-order valence-electron chi connectivity index (χ0n) is 8.62. The van der Waals surface area contributed by atoms with E-state index in [-0.39, 0.29) is 0 Å². The summed E-state index contributed by atoms with van der Waals surface area (Å²) in [5.41, 5.74) is 7.76. The summed E-state index contributed by atoms with van der Waals surface area (Å²) in [6.45, 7) is 7.02. The highest BCUT2D eigenvalue weighted by Crippen LogP contribution is 2.13. The van der Waals surface area contributed by atoms with E-state index in [1.165, 1.54) is 11.1 Å². The van der Waals surface area contributed by atoms with E-state index < -0.39 is 0 Å². The van der Waals surface area contributed by atoms with E-state index in [0.717, 1.165) is 12.2 Å². The van der Waals surface area contributed by atoms with Gasteiger partial charge in [-0.15, -0.1) is 0 Å². The SMILES string of the molecule is C=C(C)Cc1ccc(OCCN)cc1. The van der Waals surface area contributed by atoms with E-state index in [4.69, 9.17) is 10.5 Å². The standard InChI is InChI=1S/C12H17NO/c1-10(2)9-11-3-5-12(6-4-11)14-8-7-13/h3-6H,1,7-9,13H2,2H3. The third-order valence-corrected chi connectivity index (χ3v) is 1.82. The van der Waals surface area contributed by atoms with Crippen LogP contribution < -0.4 is 10.5 Å². The average Bonchev–Trinajstić information content (AvgIpc) is 2.16. The lowest BCUT2D eigenvalue weighted by atomic mass is 10.1. The zero-order chi connectivity index (χ0) is 10.4. The molecule has 1 rings (SSSR count). The highest BCUT2D eigenvalue weighted by molar-refractivity contribution is 5.29. The van der Waals surface area contributed by atoms with Gasteiger partial charge in [-0.05, 0) is 31.0 Å². The molecule has 0 amide bonds. The zero-order valence-corrected chi connectivity index (χ0v) is 8.62. The van der Waals surface area contributed by atoms with Crippen molar-refractivity contribution in [3.8, 4) is 5.75 Å². The van der Waals surface area contributed by atoms with Crippen LogP contribution in [0.25, 0.3) is 0 Å². The summed E-state index contributed by atoms with van der Waals surface area (Å²) in [4.78, 5) is 0. The fraction of sp³-hybridized carbons (Fsp3) is 0.333. The Balaban J connectivity index is 2.54. The van der Waals surface area contributed by atoms with Gasteiger partial charge in [0.05, 0.1) is 0 Å². The molecule has 2 N–H and O–H groups in total. The summed E-state index contributed by atoms with van der Waals surface area (Å²) >= 11 is 0. The molecule has 0 atom stereocenters. The molecule has 0 saturated heterocycles. The number of hydrogen-bond donors (Lipinski definition) is 1. The van der Waals surface area contributed by atoms with Crippen LogP contribution in [0, 0.1) is 0 Å². The van der Waals surface area contributed by atoms with Gasteiger partial charge in [0.1, 0.15) is 12.4 Å². The summed E-state index contributed by atoms with van der Waals surface area (Å²) in [6.07, 6.45) is 0.928. The van der Waals surface area contributed by atoms with Crippen LogP contribution in [0.2, 0.25) is 0 Å². The Labute approximate surface area is 85.4 Å². The Hall–Kier alpha value is -1.28. The molecule has 2 nitrogen and oxygen atoms in total. The third-order valence-electron chi connectivity index (χ3n) is 1.82. The van der Waals surface area contributed by atoms with Crippen molar-refractivity contribution in [3.63, 3.8) is 0 Å². The molecule has 0 radical (unpaired) electrons. The maximum Gasteiger partial charge on any atom is 0.119 e. The van der Waals surface area contributed by atoms with Gasteiger partial charge in [0.2, 0.25) is 0 Å². The second-order valence-corrected chi connectivity index (χ2v) is 3.41. The van der Waals surface area contributed by atoms with Crippen molar-refractivity contribution in [1.82, 2.24) is 0 Å². The normalized spacial score (nSPS) is 9.86. The second-order valence-electron chi connectivity index (χ2n) is 3.41. The summed E-state index contributed by atoms with van der Waals surface area (Å²) in [5, 5.41) is 0. The molecule has 0 fully saturated rings. The Morgan fingerprint density at radius 1 is 1.36 bits per heavy atom. The molecular formula is C12H17NO. The molecular weight excluding hydrogens is 174 g/mol. The number of hydrogen-bond acceptors (Lipinski definition) is 2. The molecule has 14 heavy (non-hydrogen) atoms. The van der Waals surface area contributed by atoms with Crippen LogP contribution >= 0.6 is 0 Å². The van der Waals surface area contributed by atoms with Crippen LogP contribution in [0.1, 0.15) is 12.5 Å². The second kappa shape index (κ2) is 5.45. The minimum atomic E-state index is 0.549. The van der Waals surface area contributed by atoms with Gasteiger partial charge in [-0.3, -0.25) is 0 Å². The lowest BCUT2D eigenvalue weighted by Gasteiger charge is -2.05. The lowest BCUT2D eigenvalue weighted by Crippen LogP contribution is -2.10. The predicted octanol–water partition coefficient (Wildman–Crippen LogP) is 2.14. The molecule has 0 aromatic heterocycles. The first-order valence-electron chi connectivity index (χ1n) is 4.78. The van der Waals surface area contributed by atoms with Crippen LogP contribution in [0.3, 0.4) is 0 Å². The van der Waals surface area contributed by atoms with Crippen LogP contribution in [0.4, 0.5) is 0 Å². The van der Waals surface area contributed by atoms with Gasteiger partial charge in [-0.2, -0.15) is 0 Å². The fourth-order valence-electron chi connectivity index (χ4n) is 1.23. The van der Waals surface area contributed by atoms with E-state index >= 15 is 0 Å². The minimum absolute atomic E-state index is 0.549. The van der Waals surface area contributed by atoms with Crippen LogP contribution in [0.15, 0.2) is 36.4 Å². The number of rotatable bonds is 5. The van der Waals surface area contributed by atoms with Gasteiger partial charge in [-0.25, -0.2) is 0 Å². The molecule has 2 heteroatoms. The van der Waals surface area contributed by atoms with E-state index in [0.29, 0.717) is 13.2 Å². The predicted molar refractivity (Wildman–Crippen MR) is 59.5 cm³/mol. The molecule has 0 heterocycles. The fourth-order valence-corrected chi connectivity index (χ4v) is 1.23. The Morgan fingerprint density at radius 2 is 2.00 bits per heavy atom. The van der Waals surface area contributed by atoms with Crippen molar-refractivity contribution < 1.29 is 4.74 Å². The molecule has 1 aromatic carbocycles. The minimum Gasteiger partial charge on any atom is -0.492 e. The molecule has 0 unspecified atom stereocenters. The molecule has 0 spiro atoms. The number of ether oxygens (including phenoxy) is 1. The quantitative estimate of drug-likeness (QED) is 0.724. The number of allylic oxidation sites excluding steroid dienone is 1. The van der Waals surface area contributed by atoms with Crippen LogP contribution in [-0.4, -0.2) is 13.2 Å². The van der Waals surface area contributed by atoms with Crippen molar-refractivity contribution in [3.05, 3.63) is 42.0 Å². The van der Waals surface area contributed by atoms with Gasteiger partial charge in [0.25, 0.3) is 0 Å². The summed E-state index contributed by atoms with van der Waals surface area (Å²) in [7, 11) is 0. The summed E-state index contributed by atoms with van der Waals surface area (Å²) < 4.78 is 5.37. The van der Waals surface area contributed by atoms with E-state index in [1.54, 1.807) is 0 Å². The highest BCUT2D eigenvalue weighted by atomic mass is 16.5. The van der Waals surface area contributed by atoms with Crippen molar-refractivity contribution in [2.45, 2.75) is 13.3 Å². The van der Waals surface area contributed by atoms with Crippen LogP contribution in [-0.2, 0) is 6.42 Å². The van der Waals surface area contributed by atoms with E-state index in [1.807, 2.05) is 19.1 Å². The third kappa shape index (κ3) is 3.62. The molecule has 0 bridgehead atoms. The first-order valence-corrected chi connectivity index (χ1v) is 4.78. The Kier molecular flexibility index (Phi) is 4.20. The van der Waals surface area contributed by atoms with Crippen LogP contribution in [0.5, 0.6) is 5.75 Å². The van der Waals surface area contributed by atoms with Gasteiger partial charge >= 0.3 is 0 Å². The van der Waals surface area contributed by atoms with E-state index in [2.05, 4.69) is 18.7 Å². The molecule has 0 saturated carbocycles. The molecule has 1 aromatic rings. The molecule has 76 valence electrons. The molecule has 0 aliphatic carbocycles. The van der Waals surface area contributed by atoms with Crippen molar-refractivity contribution >= 4 is 0 Å². The first-order chi connectivity index (χ1) is 6.72. The molecule has 0 aliphatic rings. The number of benzene rings is 1. The molecule has 0 aliphatic heterocycles. The highest BCUT2D eigenvalue weighted by Gasteiger charge is 1.95. The van der Waals surface area contributed by atoms with Gasteiger partial charge in [-0.1, -0.05) is 24.3 Å². The first kappa shape index (κ1) is 10.8. The van der Waals surface area contributed by atoms with Crippen molar-refractivity contribution in [1.29, 1.82) is 0 Å². The van der Waals surface area contributed by atoms with Crippen molar-refractivity contribution in [2.24, 2.45) is 5.73 Å². The summed E-state index contributed by atoms with van der Waals surface area (Å²) in [5.74, 6) is 0.876. The summed E-state index contributed by atoms with van der Waals surface area (Å²) in [6, 6.07) is 8.04. The smallest absolute Gasteiger partial charge is 0.119 e. The average molecular weight is 191 g/mol.